The lowest BCUT2D eigenvalue weighted by Gasteiger charge is -2.34. The van der Waals surface area contributed by atoms with Crippen LogP contribution in [-0.4, -0.2) is 74.5 Å². The molecular formula is C17H34IN3O2S. The largest absolute Gasteiger partial charge is 0.376 e. The van der Waals surface area contributed by atoms with Crippen LogP contribution < -0.4 is 5.32 Å². The van der Waals surface area contributed by atoms with Crippen LogP contribution >= 0.6 is 35.7 Å². The molecule has 2 aliphatic rings. The summed E-state index contributed by atoms with van der Waals surface area (Å²) in [5.74, 6) is 2.26. The third kappa shape index (κ3) is 8.10. The van der Waals surface area contributed by atoms with Crippen LogP contribution in [0.3, 0.4) is 0 Å². The van der Waals surface area contributed by atoms with Crippen molar-refractivity contribution in [2.75, 3.05) is 51.4 Å². The van der Waals surface area contributed by atoms with E-state index >= 15 is 0 Å². The highest BCUT2D eigenvalue weighted by Gasteiger charge is 2.24. The predicted octanol–water partition coefficient (Wildman–Crippen LogP) is 2.98. The van der Waals surface area contributed by atoms with E-state index in [9.17, 15) is 0 Å². The molecule has 2 fully saturated rings. The molecule has 1 N–H and O–H groups in total. The highest BCUT2D eigenvalue weighted by molar-refractivity contribution is 14.0. The molecule has 0 aromatic heterocycles. The summed E-state index contributed by atoms with van der Waals surface area (Å²) < 4.78 is 11.7. The summed E-state index contributed by atoms with van der Waals surface area (Å²) in [6, 6.07) is 0. The van der Waals surface area contributed by atoms with Gasteiger partial charge in [-0.15, -0.1) is 24.0 Å². The molecule has 0 aromatic rings. The smallest absolute Gasteiger partial charge is 0.193 e. The predicted molar refractivity (Wildman–Crippen MR) is 114 cm³/mol. The van der Waals surface area contributed by atoms with Gasteiger partial charge in [0.1, 0.15) is 0 Å². The normalized spacial score (nSPS) is 22.5. The zero-order valence-electron chi connectivity index (χ0n) is 15.2. The third-order valence-electron chi connectivity index (χ3n) is 4.39. The number of nitrogens with zero attached hydrogens (tertiary/aromatic N) is 2. The van der Waals surface area contributed by atoms with Crippen molar-refractivity contribution in [2.45, 2.75) is 51.2 Å². The molecule has 0 amide bonds. The number of rotatable bonds is 8. The van der Waals surface area contributed by atoms with Crippen molar-refractivity contribution in [3.63, 3.8) is 0 Å². The van der Waals surface area contributed by atoms with E-state index in [0.29, 0.717) is 12.2 Å². The van der Waals surface area contributed by atoms with Crippen LogP contribution in [0.1, 0.15) is 39.0 Å². The van der Waals surface area contributed by atoms with E-state index in [-0.39, 0.29) is 24.0 Å². The highest BCUT2D eigenvalue weighted by atomic mass is 127. The summed E-state index contributed by atoms with van der Waals surface area (Å²) in [6.45, 7) is 7.72. The maximum atomic E-state index is 6.05. The van der Waals surface area contributed by atoms with Crippen molar-refractivity contribution < 1.29 is 9.47 Å². The molecule has 5 nitrogen and oxygen atoms in total. The fourth-order valence-electron chi connectivity index (χ4n) is 3.07. The first-order valence-electron chi connectivity index (χ1n) is 9.09. The van der Waals surface area contributed by atoms with Gasteiger partial charge in [-0.3, -0.25) is 4.99 Å². The number of hydrogen-bond acceptors (Lipinski definition) is 4. The molecule has 2 saturated heterocycles. The molecule has 2 aliphatic heterocycles. The minimum absolute atomic E-state index is 0. The number of guanidine groups is 1. The van der Waals surface area contributed by atoms with E-state index in [1.807, 2.05) is 11.8 Å². The lowest BCUT2D eigenvalue weighted by atomic mass is 10.1. The Morgan fingerprint density at radius 3 is 2.75 bits per heavy atom. The van der Waals surface area contributed by atoms with E-state index in [0.717, 1.165) is 71.0 Å². The number of aliphatic imine (C=N–C) groups is 1. The second kappa shape index (κ2) is 13.5. The number of hydrogen-bond donors (Lipinski definition) is 1. The Balaban J connectivity index is 0.00000288. The quantitative estimate of drug-likeness (QED) is 0.255. The molecule has 2 rings (SSSR count). The van der Waals surface area contributed by atoms with Gasteiger partial charge in [0.15, 0.2) is 5.96 Å². The Bertz CT molecular complexity index is 347. The number of ether oxygens (including phenoxy) is 2. The summed E-state index contributed by atoms with van der Waals surface area (Å²) in [5.41, 5.74) is 0. The van der Waals surface area contributed by atoms with E-state index in [1.165, 1.54) is 12.2 Å². The van der Waals surface area contributed by atoms with Gasteiger partial charge >= 0.3 is 0 Å². The van der Waals surface area contributed by atoms with Gasteiger partial charge in [0.2, 0.25) is 0 Å². The molecule has 0 radical (unpaired) electrons. The monoisotopic (exact) mass is 471 g/mol. The van der Waals surface area contributed by atoms with Gasteiger partial charge < -0.3 is 19.7 Å². The van der Waals surface area contributed by atoms with Gasteiger partial charge in [-0.2, -0.15) is 11.8 Å². The Morgan fingerprint density at radius 2 is 2.12 bits per heavy atom. The summed E-state index contributed by atoms with van der Waals surface area (Å²) >= 11 is 1.89. The van der Waals surface area contributed by atoms with Gasteiger partial charge in [0.05, 0.1) is 18.8 Å². The first kappa shape index (κ1) is 22.3. The second-order valence-corrected chi connectivity index (χ2v) is 7.22. The van der Waals surface area contributed by atoms with Gasteiger partial charge in [-0.05, 0) is 51.0 Å². The highest BCUT2D eigenvalue weighted by Crippen LogP contribution is 2.17. The van der Waals surface area contributed by atoms with E-state index < -0.39 is 0 Å². The maximum Gasteiger partial charge on any atom is 0.193 e. The molecule has 1 atom stereocenters. The van der Waals surface area contributed by atoms with Gasteiger partial charge in [0, 0.05) is 32.8 Å². The van der Waals surface area contributed by atoms with Gasteiger partial charge in [-0.25, -0.2) is 0 Å². The Morgan fingerprint density at radius 1 is 1.33 bits per heavy atom. The third-order valence-corrected chi connectivity index (χ3v) is 5.08. The van der Waals surface area contributed by atoms with Crippen LogP contribution in [0.25, 0.3) is 0 Å². The molecule has 142 valence electrons. The van der Waals surface area contributed by atoms with Gasteiger partial charge in [0.25, 0.3) is 0 Å². The zero-order chi connectivity index (χ0) is 16.3. The van der Waals surface area contributed by atoms with Crippen molar-refractivity contribution in [3.8, 4) is 0 Å². The van der Waals surface area contributed by atoms with Crippen molar-refractivity contribution in [2.24, 2.45) is 4.99 Å². The molecule has 1 unspecified atom stereocenters. The van der Waals surface area contributed by atoms with E-state index in [2.05, 4.69) is 23.4 Å². The van der Waals surface area contributed by atoms with Crippen molar-refractivity contribution in [1.29, 1.82) is 0 Å². The van der Waals surface area contributed by atoms with E-state index in [4.69, 9.17) is 14.5 Å². The Kier molecular flexibility index (Phi) is 12.5. The maximum absolute atomic E-state index is 6.05. The molecule has 0 spiro atoms. The molecule has 2 heterocycles. The fourth-order valence-corrected chi connectivity index (χ4v) is 3.49. The van der Waals surface area contributed by atoms with Crippen LogP contribution in [0, 0.1) is 0 Å². The summed E-state index contributed by atoms with van der Waals surface area (Å²) in [5, 5.41) is 3.43. The number of halogens is 1. The summed E-state index contributed by atoms with van der Waals surface area (Å²) in [6.07, 6.45) is 8.53. The summed E-state index contributed by atoms with van der Waals surface area (Å²) in [4.78, 5) is 7.15. The standard InChI is InChI=1S/C17H33N3O2S.HI/c1-3-18-17(19-9-5-13-23-2)20-10-7-15(8-11-20)22-14-16-6-4-12-21-16;/h15-16H,3-14H2,1-2H3,(H,18,19);1H. The molecule has 0 aromatic carbocycles. The second-order valence-electron chi connectivity index (χ2n) is 6.24. The topological polar surface area (TPSA) is 46.1 Å². The average Bonchev–Trinajstić information content (AvgIpc) is 3.10. The van der Waals surface area contributed by atoms with Gasteiger partial charge in [-0.1, -0.05) is 0 Å². The van der Waals surface area contributed by atoms with Crippen molar-refractivity contribution in [1.82, 2.24) is 10.2 Å². The molecule has 24 heavy (non-hydrogen) atoms. The first-order valence-corrected chi connectivity index (χ1v) is 10.5. The fraction of sp³-hybridized carbons (Fsp3) is 0.941. The molecule has 0 aliphatic carbocycles. The number of likely N-dealkylation sites (tertiary alicyclic amines) is 1. The first-order chi connectivity index (χ1) is 11.3. The SMILES string of the molecule is CCNC(=NCCCSC)N1CCC(OCC2CCCO2)CC1.I. The van der Waals surface area contributed by atoms with Crippen LogP contribution in [0.5, 0.6) is 0 Å². The molecule has 7 heteroatoms. The zero-order valence-corrected chi connectivity index (χ0v) is 18.3. The lowest BCUT2D eigenvalue weighted by Crippen LogP contribution is -2.47. The van der Waals surface area contributed by atoms with Crippen LogP contribution in [0.2, 0.25) is 0 Å². The molecule has 0 saturated carbocycles. The number of piperidine rings is 1. The number of nitrogens with one attached hydrogen (secondary N) is 1. The van der Waals surface area contributed by atoms with Crippen LogP contribution in [-0.2, 0) is 9.47 Å². The minimum Gasteiger partial charge on any atom is -0.376 e. The summed E-state index contributed by atoms with van der Waals surface area (Å²) in [7, 11) is 0. The van der Waals surface area contributed by atoms with E-state index in [1.54, 1.807) is 0 Å². The van der Waals surface area contributed by atoms with Crippen molar-refractivity contribution in [3.05, 3.63) is 0 Å². The number of thioether (sulfide) groups is 1. The molecule has 0 bridgehead atoms. The Labute approximate surface area is 168 Å². The van der Waals surface area contributed by atoms with Crippen LogP contribution in [0.4, 0.5) is 0 Å². The minimum atomic E-state index is 0. The Hall–Kier alpha value is 0.270. The van der Waals surface area contributed by atoms with Crippen molar-refractivity contribution >= 4 is 41.7 Å². The van der Waals surface area contributed by atoms with Crippen LogP contribution in [0.15, 0.2) is 4.99 Å². The average molecular weight is 471 g/mol. The lowest BCUT2D eigenvalue weighted by molar-refractivity contribution is -0.0367. The molecular weight excluding hydrogens is 437 g/mol.